The first kappa shape index (κ1) is 6.99. The summed E-state index contributed by atoms with van der Waals surface area (Å²) < 4.78 is 0. The molecule has 0 aliphatic carbocycles. The Morgan fingerprint density at radius 1 is 1.55 bits per heavy atom. The monoisotopic (exact) mass is 167 g/mol. The lowest BCUT2D eigenvalue weighted by molar-refractivity contribution is 0.839. The van der Waals surface area contributed by atoms with E-state index in [0.717, 1.165) is 11.4 Å². The zero-order chi connectivity index (χ0) is 7.84. The number of anilines is 1. The maximum atomic E-state index is 5.84. The van der Waals surface area contributed by atoms with E-state index in [1.54, 1.807) is 0 Å². The Morgan fingerprint density at radius 2 is 2.36 bits per heavy atom. The van der Waals surface area contributed by atoms with Gasteiger partial charge >= 0.3 is 0 Å². The molecule has 1 aromatic carbocycles. The van der Waals surface area contributed by atoms with Crippen LogP contribution in [0.15, 0.2) is 18.2 Å². The maximum Gasteiger partial charge on any atom is 0.0410 e. The topological polar surface area (TPSA) is 12.0 Å². The molecule has 1 aliphatic heterocycles. The molecular weight excluding hydrogens is 158 g/mol. The van der Waals surface area contributed by atoms with Crippen molar-refractivity contribution < 1.29 is 0 Å². The first-order valence-corrected chi connectivity index (χ1v) is 4.18. The van der Waals surface area contributed by atoms with Gasteiger partial charge in [-0.2, -0.15) is 0 Å². The lowest BCUT2D eigenvalue weighted by atomic mass is 10.1. The molecule has 2 heteroatoms. The van der Waals surface area contributed by atoms with Crippen LogP contribution in [0.25, 0.3) is 0 Å². The smallest absolute Gasteiger partial charge is 0.0410 e. The predicted molar refractivity (Wildman–Crippen MR) is 48.2 cm³/mol. The molecule has 0 amide bonds. The molecule has 11 heavy (non-hydrogen) atoms. The number of hydrogen-bond acceptors (Lipinski definition) is 1. The zero-order valence-corrected chi connectivity index (χ0v) is 7.15. The molecule has 0 aromatic heterocycles. The summed E-state index contributed by atoms with van der Waals surface area (Å²) in [5.41, 5.74) is 2.58. The molecule has 0 fully saturated rings. The highest BCUT2D eigenvalue weighted by Crippen LogP contribution is 2.27. The van der Waals surface area contributed by atoms with Gasteiger partial charge in [0.1, 0.15) is 0 Å². The predicted octanol–water partition coefficient (Wildman–Crippen LogP) is 2.70. The molecule has 0 spiro atoms. The Balaban J connectivity index is 2.43. The van der Waals surface area contributed by atoms with E-state index in [1.165, 1.54) is 11.3 Å². The van der Waals surface area contributed by atoms with E-state index in [0.29, 0.717) is 6.04 Å². The highest BCUT2D eigenvalue weighted by molar-refractivity contribution is 6.30. The Morgan fingerprint density at radius 3 is 3.18 bits per heavy atom. The van der Waals surface area contributed by atoms with Crippen LogP contribution in [0.5, 0.6) is 0 Å². The standard InChI is InChI=1S/C9H10ClN/c1-6-4-7-5-8(10)2-3-9(7)11-6/h2-3,5-6,11H,4H2,1H3. The molecule has 0 bridgehead atoms. The Bertz CT molecular complexity index is 283. The minimum absolute atomic E-state index is 0.559. The van der Waals surface area contributed by atoms with Crippen LogP contribution in [0.4, 0.5) is 5.69 Å². The Kier molecular flexibility index (Phi) is 1.53. The van der Waals surface area contributed by atoms with E-state index in [1.807, 2.05) is 18.2 Å². The van der Waals surface area contributed by atoms with Gasteiger partial charge in [0.25, 0.3) is 0 Å². The maximum absolute atomic E-state index is 5.84. The second-order valence-corrected chi connectivity index (χ2v) is 3.49. The van der Waals surface area contributed by atoms with Gasteiger partial charge in [0.2, 0.25) is 0 Å². The SMILES string of the molecule is CC1Cc2cc(Cl)ccc2N1. The van der Waals surface area contributed by atoms with Crippen molar-refractivity contribution in [1.29, 1.82) is 0 Å². The zero-order valence-electron chi connectivity index (χ0n) is 6.39. The van der Waals surface area contributed by atoms with Crippen LogP contribution in [0.2, 0.25) is 5.02 Å². The normalized spacial score (nSPS) is 21.1. The van der Waals surface area contributed by atoms with E-state index >= 15 is 0 Å². The molecular formula is C9H10ClN. The van der Waals surface area contributed by atoms with Crippen molar-refractivity contribution >= 4 is 17.3 Å². The number of halogens is 1. The number of fused-ring (bicyclic) bond motifs is 1. The van der Waals surface area contributed by atoms with Crippen molar-refractivity contribution in [2.75, 3.05) is 5.32 Å². The minimum Gasteiger partial charge on any atom is -0.382 e. The summed E-state index contributed by atoms with van der Waals surface area (Å²) in [5, 5.41) is 4.20. The van der Waals surface area contributed by atoms with Crippen LogP contribution in [0.3, 0.4) is 0 Å². The fraction of sp³-hybridized carbons (Fsp3) is 0.333. The van der Waals surface area contributed by atoms with Gasteiger partial charge in [0.05, 0.1) is 0 Å². The summed E-state index contributed by atoms with van der Waals surface area (Å²) in [5.74, 6) is 0. The van der Waals surface area contributed by atoms with Crippen molar-refractivity contribution in [1.82, 2.24) is 0 Å². The van der Waals surface area contributed by atoms with Crippen molar-refractivity contribution in [2.45, 2.75) is 19.4 Å². The largest absolute Gasteiger partial charge is 0.382 e. The van der Waals surface area contributed by atoms with Crippen molar-refractivity contribution in [3.8, 4) is 0 Å². The van der Waals surface area contributed by atoms with Crippen LogP contribution in [-0.2, 0) is 6.42 Å². The average molecular weight is 168 g/mol. The van der Waals surface area contributed by atoms with Crippen LogP contribution in [-0.4, -0.2) is 6.04 Å². The molecule has 1 nitrogen and oxygen atoms in total. The molecule has 1 aromatic rings. The fourth-order valence-electron chi connectivity index (χ4n) is 1.52. The third kappa shape index (κ3) is 1.21. The highest BCUT2D eigenvalue weighted by Gasteiger charge is 2.15. The first-order chi connectivity index (χ1) is 5.25. The van der Waals surface area contributed by atoms with Gasteiger partial charge in [-0.1, -0.05) is 11.6 Å². The molecule has 1 N–H and O–H groups in total. The van der Waals surface area contributed by atoms with Crippen molar-refractivity contribution in [3.63, 3.8) is 0 Å². The molecule has 1 aliphatic rings. The fourth-order valence-corrected chi connectivity index (χ4v) is 1.71. The third-order valence-corrected chi connectivity index (χ3v) is 2.23. The lowest BCUT2D eigenvalue weighted by Gasteiger charge is -2.00. The van der Waals surface area contributed by atoms with Crippen LogP contribution < -0.4 is 5.32 Å². The van der Waals surface area contributed by atoms with E-state index < -0.39 is 0 Å². The van der Waals surface area contributed by atoms with Gasteiger partial charge in [0, 0.05) is 16.8 Å². The van der Waals surface area contributed by atoms with E-state index in [9.17, 15) is 0 Å². The lowest BCUT2D eigenvalue weighted by Crippen LogP contribution is -2.08. The van der Waals surface area contributed by atoms with Gasteiger partial charge in [-0.25, -0.2) is 0 Å². The molecule has 0 saturated heterocycles. The Hall–Kier alpha value is -0.690. The molecule has 1 atom stereocenters. The van der Waals surface area contributed by atoms with Crippen LogP contribution in [0, 0.1) is 0 Å². The average Bonchev–Trinajstić information content (AvgIpc) is 2.27. The third-order valence-electron chi connectivity index (χ3n) is 2.00. The van der Waals surface area contributed by atoms with Crippen molar-refractivity contribution in [3.05, 3.63) is 28.8 Å². The number of benzene rings is 1. The number of hydrogen-bond donors (Lipinski definition) is 1. The van der Waals surface area contributed by atoms with E-state index in [2.05, 4.69) is 12.2 Å². The second kappa shape index (κ2) is 2.42. The van der Waals surface area contributed by atoms with Gasteiger partial charge < -0.3 is 5.32 Å². The quantitative estimate of drug-likeness (QED) is 0.627. The molecule has 1 unspecified atom stereocenters. The molecule has 0 radical (unpaired) electrons. The van der Waals surface area contributed by atoms with Crippen LogP contribution >= 0.6 is 11.6 Å². The molecule has 2 rings (SSSR count). The summed E-state index contributed by atoms with van der Waals surface area (Å²) in [4.78, 5) is 0. The number of nitrogens with one attached hydrogen (secondary N) is 1. The Labute approximate surface area is 71.4 Å². The summed E-state index contributed by atoms with van der Waals surface area (Å²) in [7, 11) is 0. The van der Waals surface area contributed by atoms with Gasteiger partial charge in [-0.05, 0) is 37.1 Å². The second-order valence-electron chi connectivity index (χ2n) is 3.05. The molecule has 58 valence electrons. The summed E-state index contributed by atoms with van der Waals surface area (Å²) in [6.45, 7) is 2.17. The summed E-state index contributed by atoms with van der Waals surface area (Å²) in [6, 6.07) is 6.56. The van der Waals surface area contributed by atoms with E-state index in [4.69, 9.17) is 11.6 Å². The van der Waals surface area contributed by atoms with Gasteiger partial charge in [-0.3, -0.25) is 0 Å². The van der Waals surface area contributed by atoms with Crippen LogP contribution in [0.1, 0.15) is 12.5 Å². The summed E-state index contributed by atoms with van der Waals surface area (Å²) >= 11 is 5.84. The van der Waals surface area contributed by atoms with E-state index in [-0.39, 0.29) is 0 Å². The molecule has 0 saturated carbocycles. The van der Waals surface area contributed by atoms with Gasteiger partial charge in [0.15, 0.2) is 0 Å². The van der Waals surface area contributed by atoms with Crippen molar-refractivity contribution in [2.24, 2.45) is 0 Å². The molecule has 1 heterocycles. The minimum atomic E-state index is 0.559. The first-order valence-electron chi connectivity index (χ1n) is 3.80. The highest BCUT2D eigenvalue weighted by atomic mass is 35.5. The number of rotatable bonds is 0. The van der Waals surface area contributed by atoms with Gasteiger partial charge in [-0.15, -0.1) is 0 Å². The summed E-state index contributed by atoms with van der Waals surface area (Å²) in [6.07, 6.45) is 1.09.